The fourth-order valence-corrected chi connectivity index (χ4v) is 2.29. The second kappa shape index (κ2) is 5.34. The predicted molar refractivity (Wildman–Crippen MR) is 68.0 cm³/mol. The largest absolute Gasteiger partial charge is 0.489 e. The van der Waals surface area contributed by atoms with Crippen LogP contribution in [0.25, 0.3) is 0 Å². The summed E-state index contributed by atoms with van der Waals surface area (Å²) in [5.41, 5.74) is 0. The van der Waals surface area contributed by atoms with Crippen molar-refractivity contribution in [1.29, 1.82) is 0 Å². The lowest BCUT2D eigenvalue weighted by Gasteiger charge is -2.20. The summed E-state index contributed by atoms with van der Waals surface area (Å²) >= 11 is 9.15. The van der Waals surface area contributed by atoms with Gasteiger partial charge in [0.25, 0.3) is 0 Å². The van der Waals surface area contributed by atoms with Gasteiger partial charge in [0.05, 0.1) is 10.7 Å². The molecule has 1 fully saturated rings. The third-order valence-electron chi connectivity index (χ3n) is 2.86. The molecule has 0 saturated carbocycles. The van der Waals surface area contributed by atoms with Crippen molar-refractivity contribution in [3.63, 3.8) is 0 Å². The highest BCUT2D eigenvalue weighted by atomic mass is 79.9. The zero-order valence-corrected chi connectivity index (χ0v) is 11.4. The molecule has 1 unspecified atom stereocenters. The van der Waals surface area contributed by atoms with Crippen LogP contribution in [0.4, 0.5) is 0 Å². The van der Waals surface area contributed by atoms with Crippen molar-refractivity contribution in [2.45, 2.75) is 19.4 Å². The van der Waals surface area contributed by atoms with Crippen LogP contribution >= 0.6 is 27.5 Å². The van der Waals surface area contributed by atoms with E-state index in [1.54, 1.807) is 6.20 Å². The molecule has 1 aromatic rings. The van der Waals surface area contributed by atoms with Gasteiger partial charge in [0.1, 0.15) is 17.0 Å². The van der Waals surface area contributed by atoms with Gasteiger partial charge in [-0.2, -0.15) is 0 Å². The Bertz CT molecular complexity index is 369. The molecule has 0 amide bonds. The summed E-state index contributed by atoms with van der Waals surface area (Å²) in [7, 11) is 0. The number of aromatic nitrogens is 1. The van der Waals surface area contributed by atoms with Crippen LogP contribution in [0, 0.1) is 5.92 Å². The van der Waals surface area contributed by atoms with Crippen LogP contribution < -0.4 is 10.1 Å². The second-order valence-electron chi connectivity index (χ2n) is 4.02. The average molecular weight is 306 g/mol. The lowest BCUT2D eigenvalue weighted by atomic mass is 10.0. The molecule has 0 bridgehead atoms. The zero-order chi connectivity index (χ0) is 11.5. The van der Waals surface area contributed by atoms with Gasteiger partial charge in [0.2, 0.25) is 0 Å². The number of hydrogen-bond donors (Lipinski definition) is 1. The number of halogens is 2. The summed E-state index contributed by atoms with van der Waals surface area (Å²) in [4.78, 5) is 4.04. The Balaban J connectivity index is 1.99. The van der Waals surface area contributed by atoms with E-state index in [1.165, 1.54) is 6.42 Å². The van der Waals surface area contributed by atoms with E-state index in [2.05, 4.69) is 33.2 Å². The molecule has 1 saturated heterocycles. The molecule has 0 radical (unpaired) electrons. The lowest BCUT2D eigenvalue weighted by molar-refractivity contribution is 0.160. The first kappa shape index (κ1) is 12.1. The van der Waals surface area contributed by atoms with Gasteiger partial charge in [-0.25, -0.2) is 4.98 Å². The number of hydrogen-bond acceptors (Lipinski definition) is 3. The molecule has 0 aromatic carbocycles. The van der Waals surface area contributed by atoms with Gasteiger partial charge in [-0.1, -0.05) is 11.6 Å². The molecule has 5 heteroatoms. The van der Waals surface area contributed by atoms with Gasteiger partial charge >= 0.3 is 0 Å². The van der Waals surface area contributed by atoms with Crippen molar-refractivity contribution in [3.05, 3.63) is 21.9 Å². The molecule has 0 aliphatic carbocycles. The summed E-state index contributed by atoms with van der Waals surface area (Å²) in [6, 6.07) is 1.86. The maximum absolute atomic E-state index is 5.84. The van der Waals surface area contributed by atoms with E-state index < -0.39 is 0 Å². The van der Waals surface area contributed by atoms with Crippen molar-refractivity contribution >= 4 is 27.5 Å². The van der Waals surface area contributed by atoms with E-state index in [1.807, 2.05) is 6.07 Å². The third kappa shape index (κ3) is 2.87. The Labute approximate surface area is 109 Å². The topological polar surface area (TPSA) is 34.1 Å². The highest BCUT2D eigenvalue weighted by Gasteiger charge is 2.22. The highest BCUT2D eigenvalue weighted by molar-refractivity contribution is 9.10. The minimum Gasteiger partial charge on any atom is -0.489 e. The molecule has 1 N–H and O–H groups in total. The molecular weight excluding hydrogens is 291 g/mol. The summed E-state index contributed by atoms with van der Waals surface area (Å²) in [5, 5.41) is 3.79. The zero-order valence-electron chi connectivity index (χ0n) is 9.04. The Morgan fingerprint density at radius 3 is 3.12 bits per heavy atom. The molecule has 16 heavy (non-hydrogen) atoms. The van der Waals surface area contributed by atoms with E-state index in [-0.39, 0.29) is 6.10 Å². The lowest BCUT2D eigenvalue weighted by Crippen LogP contribution is -2.25. The smallest absolute Gasteiger partial charge is 0.143 e. The fraction of sp³-hybridized carbons (Fsp3) is 0.545. The maximum atomic E-state index is 5.84. The Hall–Kier alpha value is -0.320. The molecular formula is C11H14BrClN2O. The summed E-state index contributed by atoms with van der Waals surface area (Å²) in [6.45, 7) is 4.21. The predicted octanol–water partition coefficient (Wildman–Crippen LogP) is 2.87. The standard InChI is InChI=1S/C11H14BrClN2O/c1-7(8-2-3-14-5-8)16-9-4-10(12)11(13)15-6-9/h4,6-8,14H,2-3,5H2,1H3/t7?,8-/m1/s1. The highest BCUT2D eigenvalue weighted by Crippen LogP contribution is 2.26. The van der Waals surface area contributed by atoms with Gasteiger partial charge in [-0.3, -0.25) is 0 Å². The molecule has 1 aliphatic rings. The Kier molecular flexibility index (Phi) is 4.05. The number of pyridine rings is 1. The Morgan fingerprint density at radius 2 is 2.50 bits per heavy atom. The van der Waals surface area contributed by atoms with Gasteiger partial charge in [0.15, 0.2) is 0 Å². The number of nitrogens with zero attached hydrogens (tertiary/aromatic N) is 1. The first-order valence-corrected chi connectivity index (χ1v) is 6.52. The van der Waals surface area contributed by atoms with Crippen molar-refractivity contribution in [2.75, 3.05) is 13.1 Å². The SMILES string of the molecule is CC(Oc1cnc(Cl)c(Br)c1)[C@@H]1CCNC1. The molecule has 1 aromatic heterocycles. The first-order valence-electron chi connectivity index (χ1n) is 5.35. The van der Waals surface area contributed by atoms with E-state index in [0.717, 1.165) is 23.3 Å². The Morgan fingerprint density at radius 1 is 1.69 bits per heavy atom. The van der Waals surface area contributed by atoms with Crippen molar-refractivity contribution in [2.24, 2.45) is 5.92 Å². The number of rotatable bonds is 3. The second-order valence-corrected chi connectivity index (χ2v) is 5.23. The fourth-order valence-electron chi connectivity index (χ4n) is 1.86. The molecule has 1 aliphatic heterocycles. The normalized spacial score (nSPS) is 22.1. The van der Waals surface area contributed by atoms with Crippen LogP contribution in [0.15, 0.2) is 16.7 Å². The van der Waals surface area contributed by atoms with Crippen LogP contribution in [0.5, 0.6) is 5.75 Å². The van der Waals surface area contributed by atoms with Crippen LogP contribution in [0.3, 0.4) is 0 Å². The molecule has 2 rings (SSSR count). The molecule has 0 spiro atoms. The average Bonchev–Trinajstić information content (AvgIpc) is 2.77. The summed E-state index contributed by atoms with van der Waals surface area (Å²) in [6.07, 6.45) is 3.03. The van der Waals surface area contributed by atoms with Crippen molar-refractivity contribution < 1.29 is 4.74 Å². The number of nitrogens with one attached hydrogen (secondary N) is 1. The van der Waals surface area contributed by atoms with Gasteiger partial charge in [0, 0.05) is 12.5 Å². The molecule has 2 heterocycles. The van der Waals surface area contributed by atoms with Crippen LogP contribution in [-0.2, 0) is 0 Å². The minimum atomic E-state index is 0.199. The third-order valence-corrected chi connectivity index (χ3v) is 3.99. The van der Waals surface area contributed by atoms with Crippen molar-refractivity contribution in [1.82, 2.24) is 10.3 Å². The van der Waals surface area contributed by atoms with E-state index in [4.69, 9.17) is 16.3 Å². The first-order chi connectivity index (χ1) is 7.66. The van der Waals surface area contributed by atoms with Gasteiger partial charge < -0.3 is 10.1 Å². The van der Waals surface area contributed by atoms with E-state index in [0.29, 0.717) is 11.1 Å². The monoisotopic (exact) mass is 304 g/mol. The van der Waals surface area contributed by atoms with E-state index in [9.17, 15) is 0 Å². The van der Waals surface area contributed by atoms with E-state index >= 15 is 0 Å². The summed E-state index contributed by atoms with van der Waals surface area (Å²) in [5.74, 6) is 1.34. The maximum Gasteiger partial charge on any atom is 0.143 e. The van der Waals surface area contributed by atoms with Crippen LogP contribution in [0.2, 0.25) is 5.15 Å². The number of ether oxygens (including phenoxy) is 1. The molecule has 88 valence electrons. The van der Waals surface area contributed by atoms with Crippen molar-refractivity contribution in [3.8, 4) is 5.75 Å². The molecule has 3 nitrogen and oxygen atoms in total. The molecule has 2 atom stereocenters. The minimum absolute atomic E-state index is 0.199. The quantitative estimate of drug-likeness (QED) is 0.872. The van der Waals surface area contributed by atoms with Crippen LogP contribution in [-0.4, -0.2) is 24.2 Å². The van der Waals surface area contributed by atoms with Crippen LogP contribution in [0.1, 0.15) is 13.3 Å². The van der Waals surface area contributed by atoms with Gasteiger partial charge in [-0.15, -0.1) is 0 Å². The van der Waals surface area contributed by atoms with Gasteiger partial charge in [-0.05, 0) is 41.9 Å². The summed E-state index contributed by atoms with van der Waals surface area (Å²) < 4.78 is 6.61.